The van der Waals surface area contributed by atoms with Gasteiger partial charge in [0.05, 0.1) is 17.7 Å². The highest BCUT2D eigenvalue weighted by Gasteiger charge is 2.06. The highest BCUT2D eigenvalue weighted by atomic mass is 35.5. The number of hydrogen-bond acceptors (Lipinski definition) is 3. The molecule has 0 aliphatic rings. The van der Waals surface area contributed by atoms with Crippen LogP contribution < -0.4 is 4.74 Å². The number of halogens is 1. The first kappa shape index (κ1) is 13.3. The Morgan fingerprint density at radius 2 is 2.12 bits per heavy atom. The van der Waals surface area contributed by atoms with Crippen molar-refractivity contribution < 1.29 is 14.6 Å². The Balaban J connectivity index is 2.54. The van der Waals surface area contributed by atoms with Crippen LogP contribution in [0.15, 0.2) is 18.2 Å². The van der Waals surface area contributed by atoms with Crippen molar-refractivity contribution in [2.24, 2.45) is 0 Å². The van der Waals surface area contributed by atoms with Crippen LogP contribution in [0.3, 0.4) is 0 Å². The molecule has 0 aromatic heterocycles. The van der Waals surface area contributed by atoms with Crippen LogP contribution in [-0.2, 0) is 4.74 Å². The second kappa shape index (κ2) is 6.74. The van der Waals surface area contributed by atoms with E-state index >= 15 is 0 Å². The van der Waals surface area contributed by atoms with Crippen LogP contribution in [-0.4, -0.2) is 25.4 Å². The third kappa shape index (κ3) is 4.00. The number of ether oxygens (including phenoxy) is 2. The third-order valence-corrected chi connectivity index (χ3v) is 2.48. The maximum absolute atomic E-state index is 9.37. The number of aliphatic hydroxyl groups is 1. The normalized spacial score (nSPS) is 12.5. The van der Waals surface area contributed by atoms with Crippen molar-refractivity contribution in [3.63, 3.8) is 0 Å². The van der Waals surface area contributed by atoms with Crippen molar-refractivity contribution >= 4 is 11.6 Å². The Labute approximate surface area is 101 Å². The van der Waals surface area contributed by atoms with Gasteiger partial charge in [0.15, 0.2) is 0 Å². The van der Waals surface area contributed by atoms with E-state index in [0.717, 1.165) is 12.0 Å². The van der Waals surface area contributed by atoms with E-state index in [4.69, 9.17) is 21.1 Å². The summed E-state index contributed by atoms with van der Waals surface area (Å²) in [6, 6.07) is 5.30. The highest BCUT2D eigenvalue weighted by molar-refractivity contribution is 6.32. The summed E-state index contributed by atoms with van der Waals surface area (Å²) in [4.78, 5) is 0. The van der Waals surface area contributed by atoms with Crippen molar-refractivity contribution in [2.75, 3.05) is 20.3 Å². The molecule has 0 radical (unpaired) electrons. The third-order valence-electron chi connectivity index (χ3n) is 2.19. The number of hydrogen-bond donors (Lipinski definition) is 1. The lowest BCUT2D eigenvalue weighted by Crippen LogP contribution is -2.02. The minimum Gasteiger partial charge on any atom is -0.492 e. The molecular weight excluding hydrogens is 228 g/mol. The summed E-state index contributed by atoms with van der Waals surface area (Å²) in [5.74, 6) is 0.641. The van der Waals surface area contributed by atoms with Gasteiger partial charge in [0.1, 0.15) is 5.75 Å². The Morgan fingerprint density at radius 1 is 1.38 bits per heavy atom. The van der Waals surface area contributed by atoms with Crippen LogP contribution >= 0.6 is 11.6 Å². The Morgan fingerprint density at radius 3 is 2.69 bits per heavy atom. The molecular formula is C12H17ClO3. The van der Waals surface area contributed by atoms with E-state index in [9.17, 15) is 5.11 Å². The van der Waals surface area contributed by atoms with Gasteiger partial charge in [0.25, 0.3) is 0 Å². The Kier molecular flexibility index (Phi) is 5.60. The smallest absolute Gasteiger partial charge is 0.137 e. The first-order chi connectivity index (χ1) is 7.65. The van der Waals surface area contributed by atoms with Gasteiger partial charge in [-0.15, -0.1) is 0 Å². The van der Waals surface area contributed by atoms with Crippen molar-refractivity contribution in [1.82, 2.24) is 0 Å². The molecule has 1 N–H and O–H groups in total. The lowest BCUT2D eigenvalue weighted by Gasteiger charge is -2.10. The van der Waals surface area contributed by atoms with E-state index in [1.54, 1.807) is 26.2 Å². The van der Waals surface area contributed by atoms with Crippen LogP contribution in [0.25, 0.3) is 0 Å². The molecule has 0 amide bonds. The van der Waals surface area contributed by atoms with Crippen LogP contribution in [0, 0.1) is 0 Å². The van der Waals surface area contributed by atoms with E-state index in [1.165, 1.54) is 0 Å². The molecule has 0 heterocycles. The maximum atomic E-state index is 9.37. The van der Waals surface area contributed by atoms with Crippen LogP contribution in [0.4, 0.5) is 0 Å². The topological polar surface area (TPSA) is 38.7 Å². The quantitative estimate of drug-likeness (QED) is 0.782. The molecule has 1 aromatic carbocycles. The molecule has 90 valence electrons. The Bertz CT molecular complexity index is 326. The first-order valence-electron chi connectivity index (χ1n) is 5.24. The average Bonchev–Trinajstić information content (AvgIpc) is 2.26. The summed E-state index contributed by atoms with van der Waals surface area (Å²) in [6.45, 7) is 2.94. The van der Waals surface area contributed by atoms with Gasteiger partial charge in [0, 0.05) is 20.1 Å². The lowest BCUT2D eigenvalue weighted by atomic mass is 10.1. The summed E-state index contributed by atoms with van der Waals surface area (Å²) >= 11 is 6.02. The fraction of sp³-hybridized carbons (Fsp3) is 0.500. The maximum Gasteiger partial charge on any atom is 0.137 e. The summed E-state index contributed by atoms with van der Waals surface area (Å²) in [5, 5.41) is 9.89. The second-order valence-electron chi connectivity index (χ2n) is 3.56. The van der Waals surface area contributed by atoms with Crippen LogP contribution in [0.2, 0.25) is 5.02 Å². The molecule has 1 rings (SSSR count). The summed E-state index contributed by atoms with van der Waals surface area (Å²) in [7, 11) is 1.66. The van der Waals surface area contributed by atoms with Crippen LogP contribution in [0.1, 0.15) is 25.0 Å². The predicted octanol–water partition coefficient (Wildman–Crippen LogP) is 2.81. The van der Waals surface area contributed by atoms with Crippen molar-refractivity contribution in [2.45, 2.75) is 19.4 Å². The number of benzene rings is 1. The minimum atomic E-state index is -0.514. The second-order valence-corrected chi connectivity index (χ2v) is 3.97. The molecule has 0 aliphatic heterocycles. The molecule has 3 nitrogen and oxygen atoms in total. The lowest BCUT2D eigenvalue weighted by molar-refractivity contribution is 0.172. The molecule has 0 spiro atoms. The zero-order chi connectivity index (χ0) is 12.0. The van der Waals surface area contributed by atoms with E-state index in [-0.39, 0.29) is 0 Å². The fourth-order valence-electron chi connectivity index (χ4n) is 1.28. The van der Waals surface area contributed by atoms with Crippen molar-refractivity contribution in [3.8, 4) is 5.75 Å². The standard InChI is InChI=1S/C12H17ClO3/c1-9(14)10-4-5-12(11(13)8-10)16-7-3-6-15-2/h4-5,8-9,14H,3,6-7H2,1-2H3/t9-/m0/s1. The molecule has 1 atom stereocenters. The Hall–Kier alpha value is -0.770. The van der Waals surface area contributed by atoms with Gasteiger partial charge in [-0.2, -0.15) is 0 Å². The molecule has 4 heteroatoms. The van der Waals surface area contributed by atoms with Gasteiger partial charge >= 0.3 is 0 Å². The molecule has 0 aliphatic carbocycles. The van der Waals surface area contributed by atoms with Gasteiger partial charge in [-0.25, -0.2) is 0 Å². The van der Waals surface area contributed by atoms with Crippen molar-refractivity contribution in [1.29, 1.82) is 0 Å². The average molecular weight is 245 g/mol. The van der Waals surface area contributed by atoms with Crippen LogP contribution in [0.5, 0.6) is 5.75 Å². The zero-order valence-electron chi connectivity index (χ0n) is 9.57. The van der Waals surface area contributed by atoms with Crippen molar-refractivity contribution in [3.05, 3.63) is 28.8 Å². The molecule has 0 bridgehead atoms. The number of aliphatic hydroxyl groups excluding tert-OH is 1. The van der Waals surface area contributed by atoms with E-state index in [2.05, 4.69) is 0 Å². The van der Waals surface area contributed by atoms with E-state index < -0.39 is 6.10 Å². The largest absolute Gasteiger partial charge is 0.492 e. The van der Waals surface area contributed by atoms with Gasteiger partial charge in [-0.3, -0.25) is 0 Å². The molecule has 0 unspecified atom stereocenters. The van der Waals surface area contributed by atoms with E-state index in [1.807, 2.05) is 6.07 Å². The summed E-state index contributed by atoms with van der Waals surface area (Å²) in [5.41, 5.74) is 0.786. The fourth-order valence-corrected chi connectivity index (χ4v) is 1.52. The molecule has 0 saturated heterocycles. The predicted molar refractivity (Wildman–Crippen MR) is 64.1 cm³/mol. The molecule has 0 saturated carbocycles. The van der Waals surface area contributed by atoms with E-state index in [0.29, 0.717) is 24.0 Å². The van der Waals surface area contributed by atoms with Gasteiger partial charge in [0.2, 0.25) is 0 Å². The van der Waals surface area contributed by atoms with Gasteiger partial charge in [-0.1, -0.05) is 17.7 Å². The SMILES string of the molecule is COCCCOc1ccc([C@H](C)O)cc1Cl. The molecule has 16 heavy (non-hydrogen) atoms. The molecule has 0 fully saturated rings. The highest BCUT2D eigenvalue weighted by Crippen LogP contribution is 2.27. The monoisotopic (exact) mass is 244 g/mol. The first-order valence-corrected chi connectivity index (χ1v) is 5.62. The molecule has 1 aromatic rings. The number of methoxy groups -OCH3 is 1. The summed E-state index contributed by atoms with van der Waals surface area (Å²) < 4.78 is 10.4. The van der Waals surface area contributed by atoms with Gasteiger partial charge < -0.3 is 14.6 Å². The number of rotatable bonds is 6. The summed E-state index contributed by atoms with van der Waals surface area (Å²) in [6.07, 6.45) is 0.311. The zero-order valence-corrected chi connectivity index (χ0v) is 10.3. The minimum absolute atomic E-state index is 0.514. The van der Waals surface area contributed by atoms with Gasteiger partial charge in [-0.05, 0) is 24.6 Å².